The smallest absolute Gasteiger partial charge is 0.148 e. The molecule has 4 atom stereocenters. The van der Waals surface area contributed by atoms with Gasteiger partial charge in [0.25, 0.3) is 0 Å². The molecule has 256 valence electrons. The Morgan fingerprint density at radius 2 is 1.51 bits per heavy atom. The Hall–Kier alpha value is -2.12. The van der Waals surface area contributed by atoms with Crippen molar-refractivity contribution in [2.75, 3.05) is 39.1 Å². The van der Waals surface area contributed by atoms with Crippen molar-refractivity contribution in [3.8, 4) is 16.9 Å². The Bertz CT molecular complexity index is 1550. The van der Waals surface area contributed by atoms with E-state index in [0.717, 1.165) is 75.5 Å². The Balaban J connectivity index is 1.37. The number of anilines is 1. The molecule has 2 fully saturated rings. The zero-order valence-corrected chi connectivity index (χ0v) is 33.2. The predicted octanol–water partition coefficient (Wildman–Crippen LogP) is 9.78. The zero-order chi connectivity index (χ0) is 33.3. The molecule has 10 heteroatoms. The fraction of sp³-hybridized carbons (Fsp3) is 0.595. The highest BCUT2D eigenvalue weighted by atomic mass is 79.9. The highest BCUT2D eigenvalue weighted by Gasteiger charge is 2.42. The van der Waals surface area contributed by atoms with Gasteiger partial charge in [-0.15, -0.1) is 0 Å². The third-order valence-electron chi connectivity index (χ3n) is 10.3. The summed E-state index contributed by atoms with van der Waals surface area (Å²) in [6.07, 6.45) is 8.74. The number of rotatable bonds is 14. The van der Waals surface area contributed by atoms with Gasteiger partial charge >= 0.3 is 0 Å². The third-order valence-corrected chi connectivity index (χ3v) is 14.5. The van der Waals surface area contributed by atoms with E-state index in [4.69, 9.17) is 19.3 Å². The van der Waals surface area contributed by atoms with Gasteiger partial charge < -0.3 is 24.4 Å². The molecule has 3 aromatic rings. The van der Waals surface area contributed by atoms with Crippen molar-refractivity contribution in [1.29, 1.82) is 0 Å². The summed E-state index contributed by atoms with van der Waals surface area (Å²) < 4.78 is 21.7. The molecule has 7 nitrogen and oxygen atoms in total. The first-order chi connectivity index (χ1) is 22.4. The molecular formula is C37H55BrN4O3Si2. The number of fused-ring (bicyclic) bond motifs is 4. The maximum atomic E-state index is 6.43. The summed E-state index contributed by atoms with van der Waals surface area (Å²) in [6, 6.07) is 15.4. The molecule has 2 heterocycles. The summed E-state index contributed by atoms with van der Waals surface area (Å²) in [5.41, 5.74) is 2.25. The number of nitrogens with zero attached hydrogens (tertiary/aromatic N) is 3. The molecule has 0 spiro atoms. The third kappa shape index (κ3) is 8.37. The first-order valence-corrected chi connectivity index (χ1v) is 25.8. The normalized spacial score (nSPS) is 22.8. The van der Waals surface area contributed by atoms with Crippen molar-refractivity contribution in [1.82, 2.24) is 14.7 Å². The monoisotopic (exact) mass is 738 g/mol. The summed E-state index contributed by atoms with van der Waals surface area (Å²) in [6.45, 7) is 16.9. The number of halogens is 1. The average Bonchev–Trinajstić information content (AvgIpc) is 3.60. The van der Waals surface area contributed by atoms with Crippen LogP contribution in [0.3, 0.4) is 0 Å². The van der Waals surface area contributed by atoms with E-state index in [-0.39, 0.29) is 6.04 Å². The van der Waals surface area contributed by atoms with Crippen LogP contribution in [0.2, 0.25) is 51.4 Å². The molecule has 2 saturated carbocycles. The van der Waals surface area contributed by atoms with E-state index in [1.54, 1.807) is 7.11 Å². The fourth-order valence-corrected chi connectivity index (χ4v) is 9.96. The van der Waals surface area contributed by atoms with Gasteiger partial charge in [0.1, 0.15) is 30.8 Å². The van der Waals surface area contributed by atoms with E-state index < -0.39 is 16.1 Å². The molecule has 1 unspecified atom stereocenters. The molecule has 1 aromatic heterocycles. The van der Waals surface area contributed by atoms with Crippen molar-refractivity contribution >= 4 is 54.5 Å². The van der Waals surface area contributed by atoms with Gasteiger partial charge in [0.2, 0.25) is 0 Å². The van der Waals surface area contributed by atoms with Gasteiger partial charge in [-0.05, 0) is 99.6 Å². The Morgan fingerprint density at radius 1 is 0.872 bits per heavy atom. The summed E-state index contributed by atoms with van der Waals surface area (Å²) in [5.74, 6) is 5.20. The molecular weight excluding hydrogens is 685 g/mol. The quantitative estimate of drug-likeness (QED) is 0.101. The molecule has 2 aromatic carbocycles. The Morgan fingerprint density at radius 3 is 2.13 bits per heavy atom. The van der Waals surface area contributed by atoms with Crippen LogP contribution in [0.25, 0.3) is 27.7 Å². The van der Waals surface area contributed by atoms with Crippen LogP contribution in [0.5, 0.6) is 5.75 Å². The SMILES string of the molecule is COc1ccc2ccc(-c3cnn4c3NC([C@H]3C[C@@H]5CC[C@@H](C5)C3)C(Br)=C4N(COCC[Si](C)(C)C)COCC[Si](C)(C)C)cc2c1. The first kappa shape index (κ1) is 34.7. The fourth-order valence-electron chi connectivity index (χ4n) is 7.54. The number of hydrogen-bond acceptors (Lipinski definition) is 6. The van der Waals surface area contributed by atoms with Crippen molar-refractivity contribution < 1.29 is 14.2 Å². The maximum absolute atomic E-state index is 6.43. The number of nitrogens with one attached hydrogen (secondary N) is 1. The molecule has 0 radical (unpaired) electrons. The average molecular weight is 740 g/mol. The van der Waals surface area contributed by atoms with Crippen molar-refractivity contribution in [2.24, 2.45) is 17.8 Å². The molecule has 3 aliphatic rings. The van der Waals surface area contributed by atoms with Crippen LogP contribution in [-0.2, 0) is 9.47 Å². The number of ether oxygens (including phenoxy) is 3. The number of benzene rings is 2. The van der Waals surface area contributed by atoms with E-state index in [9.17, 15) is 0 Å². The lowest BCUT2D eigenvalue weighted by Crippen LogP contribution is -2.42. The minimum Gasteiger partial charge on any atom is -0.497 e. The van der Waals surface area contributed by atoms with Gasteiger partial charge in [0.15, 0.2) is 0 Å². The van der Waals surface area contributed by atoms with Gasteiger partial charge in [-0.3, -0.25) is 0 Å². The van der Waals surface area contributed by atoms with Crippen LogP contribution >= 0.6 is 15.9 Å². The van der Waals surface area contributed by atoms with Gasteiger partial charge in [-0.2, -0.15) is 9.78 Å². The molecule has 1 N–H and O–H groups in total. The number of methoxy groups -OCH3 is 1. The predicted molar refractivity (Wildman–Crippen MR) is 205 cm³/mol. The van der Waals surface area contributed by atoms with Crippen LogP contribution in [0, 0.1) is 17.8 Å². The molecule has 6 rings (SSSR count). The van der Waals surface area contributed by atoms with E-state index in [0.29, 0.717) is 19.4 Å². The van der Waals surface area contributed by atoms with Gasteiger partial charge in [-0.25, -0.2) is 0 Å². The number of aromatic nitrogens is 2. The van der Waals surface area contributed by atoms with Gasteiger partial charge in [0.05, 0.1) is 23.8 Å². The highest BCUT2D eigenvalue weighted by Crippen LogP contribution is 2.50. The number of hydrogen-bond donors (Lipinski definition) is 1. The van der Waals surface area contributed by atoms with E-state index in [1.165, 1.54) is 37.5 Å². The lowest BCUT2D eigenvalue weighted by molar-refractivity contribution is -0.00975. The minimum atomic E-state index is -1.22. The van der Waals surface area contributed by atoms with Crippen LogP contribution < -0.4 is 10.1 Å². The summed E-state index contributed by atoms with van der Waals surface area (Å²) in [5, 5.41) is 11.4. The molecule has 1 aliphatic heterocycles. The van der Waals surface area contributed by atoms with Crippen LogP contribution in [-0.4, -0.2) is 70.7 Å². The summed E-state index contributed by atoms with van der Waals surface area (Å²) in [7, 11) is -0.716. The largest absolute Gasteiger partial charge is 0.497 e. The highest BCUT2D eigenvalue weighted by molar-refractivity contribution is 9.11. The zero-order valence-electron chi connectivity index (χ0n) is 29.6. The van der Waals surface area contributed by atoms with E-state index >= 15 is 0 Å². The first-order valence-electron chi connectivity index (χ1n) is 17.6. The summed E-state index contributed by atoms with van der Waals surface area (Å²) >= 11 is 4.19. The second kappa shape index (κ2) is 14.4. The van der Waals surface area contributed by atoms with E-state index in [1.807, 2.05) is 12.3 Å². The minimum absolute atomic E-state index is 0.170. The van der Waals surface area contributed by atoms with Crippen molar-refractivity contribution in [3.05, 3.63) is 47.1 Å². The second-order valence-corrected chi connectivity index (χ2v) is 28.6. The topological polar surface area (TPSA) is 60.8 Å². The molecule has 47 heavy (non-hydrogen) atoms. The molecule has 2 bridgehead atoms. The second-order valence-electron chi connectivity index (χ2n) is 16.6. The van der Waals surface area contributed by atoms with Gasteiger partial charge in [-0.1, -0.05) is 70.3 Å². The van der Waals surface area contributed by atoms with Crippen LogP contribution in [0.1, 0.15) is 32.1 Å². The van der Waals surface area contributed by atoms with Crippen molar-refractivity contribution in [2.45, 2.75) is 89.5 Å². The van der Waals surface area contributed by atoms with Crippen LogP contribution in [0.15, 0.2) is 47.1 Å². The Kier molecular flexibility index (Phi) is 10.6. The van der Waals surface area contributed by atoms with Gasteiger partial charge in [0, 0.05) is 34.9 Å². The molecule has 0 amide bonds. The maximum Gasteiger partial charge on any atom is 0.148 e. The standard InChI is InChI=1S/C37H55BrN4O3Si2/c1-43-32-13-12-28-10-11-29(21-30(28)22-32)33-23-39-42-36(33)40-35(31-19-26-8-9-27(18-26)20-31)34(38)37(42)41(24-44-14-16-46(2,3)4)25-45-15-17-47(5,6)7/h10-13,21-23,26-27,31,35,40H,8-9,14-20,24-25H2,1-7H3/t26-,27+,31+,35?. The van der Waals surface area contributed by atoms with E-state index in [2.05, 4.69) is 100 Å². The summed E-state index contributed by atoms with van der Waals surface area (Å²) in [4.78, 5) is 2.27. The van der Waals surface area contributed by atoms with Crippen molar-refractivity contribution in [3.63, 3.8) is 0 Å². The molecule has 0 saturated heterocycles. The van der Waals surface area contributed by atoms with Crippen LogP contribution in [0.4, 0.5) is 5.82 Å². The lowest BCUT2D eigenvalue weighted by Gasteiger charge is -2.40. The Labute approximate surface area is 292 Å². The lowest BCUT2D eigenvalue weighted by atomic mass is 9.77. The molecule has 2 aliphatic carbocycles.